The molecule has 0 saturated heterocycles. The monoisotopic (exact) mass is 526 g/mol. The number of rotatable bonds is 7. The summed E-state index contributed by atoms with van der Waals surface area (Å²) in [7, 11) is 1.87. The van der Waals surface area contributed by atoms with Crippen molar-refractivity contribution in [3.05, 3.63) is 41.0 Å². The van der Waals surface area contributed by atoms with Crippen LogP contribution in [0.2, 0.25) is 0 Å². The van der Waals surface area contributed by atoms with Crippen molar-refractivity contribution in [1.29, 1.82) is 0 Å². The van der Waals surface area contributed by atoms with Crippen LogP contribution in [0.3, 0.4) is 0 Å². The summed E-state index contributed by atoms with van der Waals surface area (Å²) in [6.07, 6.45) is -4.39. The zero-order valence-electron chi connectivity index (χ0n) is 16.8. The van der Waals surface area contributed by atoms with Crippen LogP contribution in [-0.2, 0) is 20.1 Å². The van der Waals surface area contributed by atoms with Crippen LogP contribution in [0.5, 0.6) is 5.75 Å². The van der Waals surface area contributed by atoms with Gasteiger partial charge in [0, 0.05) is 19.2 Å². The highest BCUT2D eigenvalue weighted by atomic mass is 127. The van der Waals surface area contributed by atoms with E-state index in [1.54, 1.807) is 19.1 Å². The molecule has 29 heavy (non-hydrogen) atoms. The first-order valence-corrected chi connectivity index (χ1v) is 8.85. The number of benzene rings is 1. The van der Waals surface area contributed by atoms with Gasteiger partial charge in [0.25, 0.3) is 0 Å². The molecule has 2 N–H and O–H groups in total. The van der Waals surface area contributed by atoms with E-state index in [-0.39, 0.29) is 36.3 Å². The first-order chi connectivity index (χ1) is 13.2. The molecule has 0 amide bonds. The van der Waals surface area contributed by atoms with E-state index in [9.17, 15) is 13.2 Å². The number of hydrogen-bond acceptors (Lipinski definition) is 4. The van der Waals surface area contributed by atoms with Gasteiger partial charge in [0.15, 0.2) is 18.4 Å². The van der Waals surface area contributed by atoms with Gasteiger partial charge in [-0.2, -0.15) is 13.2 Å². The molecule has 7 nitrogen and oxygen atoms in total. The van der Waals surface area contributed by atoms with Gasteiger partial charge in [-0.25, -0.2) is 4.99 Å². The topological polar surface area (TPSA) is 76.4 Å². The third-order valence-corrected chi connectivity index (χ3v) is 3.96. The van der Waals surface area contributed by atoms with E-state index in [1.807, 2.05) is 31.5 Å². The summed E-state index contributed by atoms with van der Waals surface area (Å²) in [4.78, 5) is 4.45. The summed E-state index contributed by atoms with van der Waals surface area (Å²) in [5, 5.41) is 14.3. The summed E-state index contributed by atoms with van der Waals surface area (Å²) < 4.78 is 44.3. The molecule has 1 aromatic heterocycles. The largest absolute Gasteiger partial charge is 0.484 e. The lowest BCUT2D eigenvalue weighted by Gasteiger charge is -2.14. The van der Waals surface area contributed by atoms with Crippen LogP contribution in [0.4, 0.5) is 13.2 Å². The van der Waals surface area contributed by atoms with Gasteiger partial charge in [-0.05, 0) is 32.4 Å². The number of guanidine groups is 1. The number of halogens is 4. The molecular weight excluding hydrogens is 500 g/mol. The molecule has 0 aliphatic heterocycles. The van der Waals surface area contributed by atoms with Gasteiger partial charge in [-0.15, -0.1) is 34.2 Å². The molecule has 0 spiro atoms. The average Bonchev–Trinajstić information content (AvgIpc) is 2.94. The smallest absolute Gasteiger partial charge is 0.422 e. The Labute approximate surface area is 185 Å². The quantitative estimate of drug-likeness (QED) is 0.329. The zero-order chi connectivity index (χ0) is 20.7. The fourth-order valence-corrected chi connectivity index (χ4v) is 2.36. The van der Waals surface area contributed by atoms with E-state index in [2.05, 4.69) is 25.8 Å². The van der Waals surface area contributed by atoms with Crippen molar-refractivity contribution in [2.24, 2.45) is 12.0 Å². The van der Waals surface area contributed by atoms with Crippen molar-refractivity contribution < 1.29 is 17.9 Å². The summed E-state index contributed by atoms with van der Waals surface area (Å²) in [6.45, 7) is 5.45. The van der Waals surface area contributed by atoms with E-state index in [4.69, 9.17) is 4.74 Å². The molecular formula is C18H26F3IN6O. The van der Waals surface area contributed by atoms with E-state index in [0.717, 1.165) is 17.2 Å². The number of aryl methyl sites for hydroxylation is 2. The van der Waals surface area contributed by atoms with Crippen LogP contribution in [-0.4, -0.2) is 40.1 Å². The highest BCUT2D eigenvalue weighted by Crippen LogP contribution is 2.24. The summed E-state index contributed by atoms with van der Waals surface area (Å²) >= 11 is 0. The van der Waals surface area contributed by atoms with E-state index in [0.29, 0.717) is 24.6 Å². The molecule has 0 fully saturated rings. The normalized spacial score (nSPS) is 11.8. The molecule has 2 rings (SSSR count). The SMILES string of the molecule is CCNC(=NCc1ccc(C)cc1OCC(F)(F)F)NCc1nnc(C)n1C.I. The van der Waals surface area contributed by atoms with Gasteiger partial charge in [0.05, 0.1) is 13.1 Å². The van der Waals surface area contributed by atoms with Gasteiger partial charge < -0.3 is 19.9 Å². The minimum Gasteiger partial charge on any atom is -0.484 e. The van der Waals surface area contributed by atoms with E-state index in [1.165, 1.54) is 0 Å². The van der Waals surface area contributed by atoms with Gasteiger partial charge in [0.1, 0.15) is 11.6 Å². The maximum atomic E-state index is 12.5. The van der Waals surface area contributed by atoms with Crippen molar-refractivity contribution in [2.45, 2.75) is 40.0 Å². The summed E-state index contributed by atoms with van der Waals surface area (Å²) in [5.41, 5.74) is 1.38. The lowest BCUT2D eigenvalue weighted by atomic mass is 10.1. The third kappa shape index (κ3) is 8.07. The fourth-order valence-electron chi connectivity index (χ4n) is 2.36. The number of hydrogen-bond donors (Lipinski definition) is 2. The predicted molar refractivity (Wildman–Crippen MR) is 116 cm³/mol. The first-order valence-electron chi connectivity index (χ1n) is 8.85. The van der Waals surface area contributed by atoms with E-state index < -0.39 is 12.8 Å². The molecule has 0 aliphatic rings. The Bertz CT molecular complexity index is 822. The Balaban J connectivity index is 0.00000420. The molecule has 1 aromatic carbocycles. The van der Waals surface area contributed by atoms with Crippen molar-refractivity contribution in [3.8, 4) is 5.75 Å². The van der Waals surface area contributed by atoms with Crippen LogP contribution in [0.25, 0.3) is 0 Å². The molecule has 0 unspecified atom stereocenters. The predicted octanol–water partition coefficient (Wildman–Crippen LogP) is 3.25. The minimum atomic E-state index is -4.39. The molecule has 11 heteroatoms. The molecule has 0 atom stereocenters. The molecule has 0 aliphatic carbocycles. The Morgan fingerprint density at radius 2 is 1.93 bits per heavy atom. The van der Waals surface area contributed by atoms with Crippen LogP contribution < -0.4 is 15.4 Å². The molecule has 0 radical (unpaired) electrons. The minimum absolute atomic E-state index is 0. The number of aromatic nitrogens is 3. The second kappa shape index (κ2) is 11.2. The van der Waals surface area contributed by atoms with Gasteiger partial charge in [-0.1, -0.05) is 12.1 Å². The van der Waals surface area contributed by atoms with Crippen LogP contribution in [0, 0.1) is 13.8 Å². The van der Waals surface area contributed by atoms with Crippen LogP contribution >= 0.6 is 24.0 Å². The zero-order valence-corrected chi connectivity index (χ0v) is 19.1. The van der Waals surface area contributed by atoms with Crippen molar-refractivity contribution in [3.63, 3.8) is 0 Å². The second-order valence-corrected chi connectivity index (χ2v) is 6.29. The lowest BCUT2D eigenvalue weighted by Crippen LogP contribution is -2.37. The molecule has 0 saturated carbocycles. The van der Waals surface area contributed by atoms with Crippen molar-refractivity contribution in [1.82, 2.24) is 25.4 Å². The Kier molecular flexibility index (Phi) is 9.66. The highest BCUT2D eigenvalue weighted by molar-refractivity contribution is 14.0. The first kappa shape index (κ1) is 25.0. The van der Waals surface area contributed by atoms with Gasteiger partial charge in [0.2, 0.25) is 0 Å². The molecule has 1 heterocycles. The summed E-state index contributed by atoms with van der Waals surface area (Å²) in [5.74, 6) is 2.24. The maximum Gasteiger partial charge on any atom is 0.422 e. The fraction of sp³-hybridized carbons (Fsp3) is 0.500. The number of aliphatic imine (C=N–C) groups is 1. The van der Waals surface area contributed by atoms with Crippen LogP contribution in [0.15, 0.2) is 23.2 Å². The standard InChI is InChI=1S/C18H25F3N6O.HI/c1-5-22-17(24-10-16-26-25-13(3)27(16)4)23-9-14-7-6-12(2)8-15(14)28-11-18(19,20)21;/h6-8H,5,9-11H2,1-4H3,(H2,22,23,24);1H. The van der Waals surface area contributed by atoms with Crippen molar-refractivity contribution in [2.75, 3.05) is 13.2 Å². The highest BCUT2D eigenvalue weighted by Gasteiger charge is 2.28. The van der Waals surface area contributed by atoms with Gasteiger partial charge >= 0.3 is 6.18 Å². The Morgan fingerprint density at radius 1 is 1.21 bits per heavy atom. The lowest BCUT2D eigenvalue weighted by molar-refractivity contribution is -0.153. The number of ether oxygens (including phenoxy) is 1. The average molecular weight is 526 g/mol. The third-order valence-electron chi connectivity index (χ3n) is 3.96. The van der Waals surface area contributed by atoms with Crippen LogP contribution in [0.1, 0.15) is 29.7 Å². The Morgan fingerprint density at radius 3 is 2.52 bits per heavy atom. The van der Waals surface area contributed by atoms with Gasteiger partial charge in [-0.3, -0.25) is 0 Å². The molecule has 0 bridgehead atoms. The van der Waals surface area contributed by atoms with Crippen molar-refractivity contribution >= 4 is 29.9 Å². The second-order valence-electron chi connectivity index (χ2n) is 6.29. The number of nitrogens with zero attached hydrogens (tertiary/aromatic N) is 4. The maximum absolute atomic E-state index is 12.5. The molecule has 2 aromatic rings. The number of nitrogens with one attached hydrogen (secondary N) is 2. The molecule has 162 valence electrons. The number of alkyl halides is 3. The Hall–Kier alpha value is -2.05. The van der Waals surface area contributed by atoms with E-state index >= 15 is 0 Å². The summed E-state index contributed by atoms with van der Waals surface area (Å²) in [6, 6.07) is 5.12.